The van der Waals surface area contributed by atoms with Crippen molar-refractivity contribution < 1.29 is 23.2 Å². The second-order valence-corrected chi connectivity index (χ2v) is 7.11. The van der Waals surface area contributed by atoms with Crippen LogP contribution in [0.2, 0.25) is 0 Å². The molecule has 2 aromatic carbocycles. The average Bonchev–Trinajstić information content (AvgIpc) is 2.93. The lowest BCUT2D eigenvalue weighted by molar-refractivity contribution is -0.138. The predicted molar refractivity (Wildman–Crippen MR) is 99.0 cm³/mol. The van der Waals surface area contributed by atoms with Crippen molar-refractivity contribution in [3.05, 3.63) is 65.7 Å². The van der Waals surface area contributed by atoms with Crippen LogP contribution < -0.4 is 10.7 Å². The number of halogens is 2. The normalized spacial score (nSPS) is 18.9. The number of imide groups is 1. The van der Waals surface area contributed by atoms with Gasteiger partial charge in [-0.3, -0.25) is 15.0 Å². The second-order valence-electron chi connectivity index (χ2n) is 6.09. The van der Waals surface area contributed by atoms with Gasteiger partial charge in [0.25, 0.3) is 5.91 Å². The first-order chi connectivity index (χ1) is 13.4. The van der Waals surface area contributed by atoms with Crippen LogP contribution in [-0.4, -0.2) is 28.6 Å². The summed E-state index contributed by atoms with van der Waals surface area (Å²) in [6, 6.07) is 11.0. The van der Waals surface area contributed by atoms with E-state index in [0.29, 0.717) is 23.1 Å². The van der Waals surface area contributed by atoms with E-state index in [1.807, 2.05) is 0 Å². The first-order valence-corrected chi connectivity index (χ1v) is 9.45. The maximum Gasteiger partial charge on any atom is 0.344 e. The van der Waals surface area contributed by atoms with Crippen molar-refractivity contribution in [2.75, 3.05) is 5.75 Å². The predicted octanol–water partition coefficient (Wildman–Crippen LogP) is 2.95. The lowest BCUT2D eigenvalue weighted by Gasteiger charge is -2.25. The average molecular weight is 405 g/mol. The van der Waals surface area contributed by atoms with Crippen molar-refractivity contribution >= 4 is 29.6 Å². The first-order valence-electron chi connectivity index (χ1n) is 8.47. The van der Waals surface area contributed by atoms with E-state index in [1.54, 1.807) is 37.3 Å². The number of hydrogen-bond acceptors (Lipinski definition) is 4. The van der Waals surface area contributed by atoms with Crippen molar-refractivity contribution in [3.8, 4) is 0 Å². The molecule has 1 aliphatic rings. The fraction of sp³-hybridized carbons (Fsp3) is 0.211. The SMILES string of the molecule is CC[C@]1(c2ccccc2)NC(=O)N(NC(=O)CSc2ccc(F)cc2F)C1=O. The third kappa shape index (κ3) is 3.70. The highest BCUT2D eigenvalue weighted by Gasteiger charge is 2.52. The Morgan fingerprint density at radius 3 is 2.54 bits per heavy atom. The zero-order valence-corrected chi connectivity index (χ0v) is 15.7. The monoisotopic (exact) mass is 405 g/mol. The van der Waals surface area contributed by atoms with Gasteiger partial charge in [0.2, 0.25) is 5.91 Å². The van der Waals surface area contributed by atoms with Gasteiger partial charge >= 0.3 is 6.03 Å². The van der Waals surface area contributed by atoms with E-state index >= 15 is 0 Å². The smallest absolute Gasteiger partial charge is 0.318 e. The van der Waals surface area contributed by atoms with Crippen LogP contribution in [0.15, 0.2) is 53.4 Å². The van der Waals surface area contributed by atoms with Crippen LogP contribution in [0.3, 0.4) is 0 Å². The summed E-state index contributed by atoms with van der Waals surface area (Å²) < 4.78 is 26.6. The van der Waals surface area contributed by atoms with Gasteiger partial charge < -0.3 is 5.32 Å². The zero-order valence-electron chi connectivity index (χ0n) is 14.9. The lowest BCUT2D eigenvalue weighted by atomic mass is 9.87. The number of nitrogens with zero attached hydrogens (tertiary/aromatic N) is 1. The lowest BCUT2D eigenvalue weighted by Crippen LogP contribution is -2.49. The number of benzene rings is 2. The number of thioether (sulfide) groups is 1. The number of carbonyl (C=O) groups excluding carboxylic acids is 3. The molecule has 0 aromatic heterocycles. The fourth-order valence-corrected chi connectivity index (χ4v) is 3.64. The van der Waals surface area contributed by atoms with Crippen LogP contribution in [-0.2, 0) is 15.1 Å². The number of carbonyl (C=O) groups is 3. The highest BCUT2D eigenvalue weighted by molar-refractivity contribution is 8.00. The molecule has 2 N–H and O–H groups in total. The Morgan fingerprint density at radius 2 is 1.89 bits per heavy atom. The number of nitrogens with one attached hydrogen (secondary N) is 2. The third-order valence-electron chi connectivity index (χ3n) is 4.38. The quantitative estimate of drug-likeness (QED) is 0.572. The largest absolute Gasteiger partial charge is 0.344 e. The molecule has 2 aromatic rings. The molecule has 9 heteroatoms. The summed E-state index contributed by atoms with van der Waals surface area (Å²) in [5, 5.41) is 3.28. The molecule has 1 fully saturated rings. The second kappa shape index (κ2) is 7.97. The number of urea groups is 1. The summed E-state index contributed by atoms with van der Waals surface area (Å²) >= 11 is 0.828. The summed E-state index contributed by atoms with van der Waals surface area (Å²) in [6.45, 7) is 1.75. The highest BCUT2D eigenvalue weighted by atomic mass is 32.2. The van der Waals surface area contributed by atoms with E-state index in [0.717, 1.165) is 17.8 Å². The van der Waals surface area contributed by atoms with Crippen molar-refractivity contribution in [1.29, 1.82) is 0 Å². The molecular formula is C19H17F2N3O3S. The van der Waals surface area contributed by atoms with Crippen molar-refractivity contribution in [3.63, 3.8) is 0 Å². The Kier molecular flexibility index (Phi) is 5.64. The van der Waals surface area contributed by atoms with Crippen LogP contribution in [0.4, 0.5) is 13.6 Å². The van der Waals surface area contributed by atoms with Gasteiger partial charge in [-0.25, -0.2) is 13.6 Å². The summed E-state index contributed by atoms with van der Waals surface area (Å²) in [5.41, 5.74) is 1.60. The molecule has 1 saturated heterocycles. The van der Waals surface area contributed by atoms with Gasteiger partial charge in [-0.2, -0.15) is 5.01 Å². The molecule has 0 bridgehead atoms. The minimum Gasteiger partial charge on any atom is -0.318 e. The molecule has 4 amide bonds. The van der Waals surface area contributed by atoms with Crippen LogP contribution in [0.1, 0.15) is 18.9 Å². The Morgan fingerprint density at radius 1 is 1.18 bits per heavy atom. The van der Waals surface area contributed by atoms with E-state index in [1.165, 1.54) is 6.07 Å². The van der Waals surface area contributed by atoms with Gasteiger partial charge in [0.1, 0.15) is 17.2 Å². The molecule has 146 valence electrons. The number of hydrazine groups is 1. The molecular weight excluding hydrogens is 388 g/mol. The fourth-order valence-electron chi connectivity index (χ4n) is 2.93. The van der Waals surface area contributed by atoms with E-state index in [4.69, 9.17) is 0 Å². The summed E-state index contributed by atoms with van der Waals surface area (Å²) in [7, 11) is 0. The number of rotatable bonds is 6. The Balaban J connectivity index is 1.69. The first kappa shape index (κ1) is 19.8. The van der Waals surface area contributed by atoms with Crippen molar-refractivity contribution in [2.45, 2.75) is 23.8 Å². The summed E-state index contributed by atoms with van der Waals surface area (Å²) in [6.07, 6.45) is 0.295. The third-order valence-corrected chi connectivity index (χ3v) is 5.43. The molecule has 0 unspecified atom stereocenters. The van der Waals surface area contributed by atoms with Gasteiger partial charge in [-0.1, -0.05) is 37.3 Å². The van der Waals surface area contributed by atoms with Crippen LogP contribution in [0.25, 0.3) is 0 Å². The topological polar surface area (TPSA) is 78.5 Å². The molecule has 1 heterocycles. The van der Waals surface area contributed by atoms with Crippen LogP contribution in [0, 0.1) is 11.6 Å². The Hall–Kier alpha value is -2.94. The highest BCUT2D eigenvalue weighted by Crippen LogP contribution is 2.31. The minimum absolute atomic E-state index is 0.0842. The van der Waals surface area contributed by atoms with E-state index in [2.05, 4.69) is 10.7 Å². The summed E-state index contributed by atoms with van der Waals surface area (Å²) in [5.74, 6) is -3.04. The Bertz CT molecular complexity index is 926. The van der Waals surface area contributed by atoms with E-state index in [9.17, 15) is 23.2 Å². The molecule has 3 rings (SSSR count). The number of amides is 4. The molecule has 0 spiro atoms. The maximum atomic E-state index is 13.6. The van der Waals surface area contributed by atoms with Gasteiger partial charge in [0, 0.05) is 11.0 Å². The van der Waals surface area contributed by atoms with Crippen LogP contribution in [0.5, 0.6) is 0 Å². The van der Waals surface area contributed by atoms with Gasteiger partial charge in [-0.15, -0.1) is 11.8 Å². The molecule has 1 atom stereocenters. The molecule has 1 aliphatic heterocycles. The molecule has 0 saturated carbocycles. The minimum atomic E-state index is -1.26. The number of hydrogen-bond donors (Lipinski definition) is 2. The molecule has 0 aliphatic carbocycles. The standard InChI is InChI=1S/C19H17F2N3O3S/c1-2-19(12-6-4-3-5-7-12)17(26)24(18(27)22-19)23-16(25)11-28-15-9-8-13(20)10-14(15)21/h3-10H,2,11H2,1H3,(H,22,27)(H,23,25)/t19-/m1/s1. The maximum absolute atomic E-state index is 13.6. The van der Waals surface area contributed by atoms with E-state index in [-0.39, 0.29) is 10.6 Å². The van der Waals surface area contributed by atoms with Gasteiger partial charge in [-0.05, 0) is 24.1 Å². The summed E-state index contributed by atoms with van der Waals surface area (Å²) in [4.78, 5) is 37.5. The molecule has 28 heavy (non-hydrogen) atoms. The van der Waals surface area contributed by atoms with Crippen LogP contribution >= 0.6 is 11.8 Å². The Labute approximate surface area is 164 Å². The van der Waals surface area contributed by atoms with Gasteiger partial charge in [0.05, 0.1) is 5.75 Å². The van der Waals surface area contributed by atoms with Crippen molar-refractivity contribution in [2.24, 2.45) is 0 Å². The van der Waals surface area contributed by atoms with E-state index < -0.39 is 35.0 Å². The van der Waals surface area contributed by atoms with Crippen molar-refractivity contribution in [1.82, 2.24) is 15.8 Å². The zero-order chi connectivity index (χ0) is 20.3. The molecule has 0 radical (unpaired) electrons. The molecule has 6 nitrogen and oxygen atoms in total. The van der Waals surface area contributed by atoms with Gasteiger partial charge in [0.15, 0.2) is 0 Å².